The Kier molecular flexibility index (Phi) is 4.28. The van der Waals surface area contributed by atoms with Gasteiger partial charge in [0.1, 0.15) is 0 Å². The molecule has 0 spiro atoms. The second-order valence-electron chi connectivity index (χ2n) is 11.0. The molecule has 32 heavy (non-hydrogen) atoms. The van der Waals surface area contributed by atoms with E-state index in [0.29, 0.717) is 42.1 Å². The minimum atomic E-state index is -0.423. The fourth-order valence-electron chi connectivity index (χ4n) is 7.05. The van der Waals surface area contributed by atoms with Crippen molar-refractivity contribution in [3.05, 3.63) is 29.4 Å². The largest absolute Gasteiger partial charge is 0.390 e. The Morgan fingerprint density at radius 3 is 2.78 bits per heavy atom. The first-order valence-electron chi connectivity index (χ1n) is 12.3. The molecule has 7 heteroatoms. The van der Waals surface area contributed by atoms with Crippen LogP contribution in [0.2, 0.25) is 0 Å². The second kappa shape index (κ2) is 7.12. The minimum Gasteiger partial charge on any atom is -0.390 e. The number of hydrogen-bond donors (Lipinski definition) is 3. The molecule has 0 aliphatic heterocycles. The summed E-state index contributed by atoms with van der Waals surface area (Å²) in [4.78, 5) is 9.41. The number of aromatic nitrogens is 3. The lowest BCUT2D eigenvalue weighted by molar-refractivity contribution is -0.129. The van der Waals surface area contributed by atoms with Crippen LogP contribution in [0.4, 0.5) is 5.69 Å². The molecule has 0 amide bonds. The van der Waals surface area contributed by atoms with E-state index < -0.39 is 5.60 Å². The predicted molar refractivity (Wildman–Crippen MR) is 121 cm³/mol. The third-order valence-corrected chi connectivity index (χ3v) is 8.46. The molecule has 4 bridgehead atoms. The lowest BCUT2D eigenvalue weighted by Crippen LogP contribution is -2.59. The fraction of sp³-hybridized carbons (Fsp3) is 0.640. The number of anilines is 1. The van der Waals surface area contributed by atoms with Crippen LogP contribution >= 0.6 is 0 Å². The third kappa shape index (κ3) is 3.28. The Hall–Kier alpha value is -2.25. The first kappa shape index (κ1) is 19.2. The molecule has 5 fully saturated rings. The molecule has 8 rings (SSSR count). The molecule has 2 atom stereocenters. The van der Waals surface area contributed by atoms with E-state index in [4.69, 9.17) is 14.5 Å². The zero-order valence-electron chi connectivity index (χ0n) is 18.4. The Labute approximate surface area is 188 Å². The first-order chi connectivity index (χ1) is 15.6. The normalized spacial score (nSPS) is 34.3. The van der Waals surface area contributed by atoms with Crippen molar-refractivity contribution in [1.29, 1.82) is 0 Å². The number of hydrogen-bond acceptors (Lipinski definition) is 7. The van der Waals surface area contributed by atoms with Crippen molar-refractivity contribution in [2.75, 3.05) is 11.9 Å². The zero-order valence-corrected chi connectivity index (χ0v) is 18.4. The zero-order chi connectivity index (χ0) is 21.3. The van der Waals surface area contributed by atoms with E-state index in [2.05, 4.69) is 27.9 Å². The van der Waals surface area contributed by atoms with E-state index >= 15 is 0 Å². The average Bonchev–Trinajstić information content (AvgIpc) is 3.25. The lowest BCUT2D eigenvalue weighted by atomic mass is 9.52. The Bertz CT molecular complexity index is 1060. The molecule has 168 valence electrons. The average molecular weight is 434 g/mol. The molecular formula is C25H31N5O2. The molecule has 6 aliphatic carbocycles. The van der Waals surface area contributed by atoms with Crippen LogP contribution < -0.4 is 10.6 Å². The van der Waals surface area contributed by atoms with Crippen LogP contribution in [0.25, 0.3) is 17.5 Å². The molecule has 2 unspecified atom stereocenters. The second-order valence-corrected chi connectivity index (χ2v) is 11.0. The quantitative estimate of drug-likeness (QED) is 0.614. The summed E-state index contributed by atoms with van der Waals surface area (Å²) in [7, 11) is 0. The molecule has 2 aromatic rings. The van der Waals surface area contributed by atoms with Gasteiger partial charge in [0.25, 0.3) is 0 Å². The van der Waals surface area contributed by atoms with Crippen molar-refractivity contribution < 1.29 is 9.63 Å². The van der Waals surface area contributed by atoms with Crippen LogP contribution in [-0.2, 0) is 13.0 Å². The Morgan fingerprint density at radius 2 is 2.00 bits per heavy atom. The molecular weight excluding hydrogens is 402 g/mol. The highest BCUT2D eigenvalue weighted by molar-refractivity contribution is 5.84. The molecule has 7 nitrogen and oxygen atoms in total. The van der Waals surface area contributed by atoms with Gasteiger partial charge in [-0.1, -0.05) is 17.3 Å². The van der Waals surface area contributed by atoms with E-state index in [1.807, 2.05) is 6.20 Å². The summed E-state index contributed by atoms with van der Waals surface area (Å²) in [5, 5.41) is 22.7. The van der Waals surface area contributed by atoms with Gasteiger partial charge in [0.15, 0.2) is 0 Å². The maximum Gasteiger partial charge on any atom is 0.240 e. The van der Waals surface area contributed by atoms with Gasteiger partial charge in [0.2, 0.25) is 11.7 Å². The van der Waals surface area contributed by atoms with E-state index in [1.165, 1.54) is 25.7 Å². The van der Waals surface area contributed by atoms with Gasteiger partial charge < -0.3 is 20.3 Å². The summed E-state index contributed by atoms with van der Waals surface area (Å²) >= 11 is 0. The molecule has 0 aromatic carbocycles. The maximum absolute atomic E-state index is 11.0. The summed E-state index contributed by atoms with van der Waals surface area (Å²) in [6.45, 7) is 1.63. The first-order valence-corrected chi connectivity index (χ1v) is 12.3. The Morgan fingerprint density at radius 1 is 1.16 bits per heavy atom. The van der Waals surface area contributed by atoms with Crippen molar-refractivity contribution in [2.45, 2.75) is 69.6 Å². The topological polar surface area (TPSA) is 96.1 Å². The van der Waals surface area contributed by atoms with Crippen LogP contribution in [0, 0.1) is 23.7 Å². The molecule has 2 aromatic heterocycles. The molecule has 0 radical (unpaired) electrons. The van der Waals surface area contributed by atoms with Crippen LogP contribution in [0.1, 0.15) is 62.1 Å². The number of allylic oxidation sites excluding steroid dienone is 1. The highest BCUT2D eigenvalue weighted by Crippen LogP contribution is 2.56. The van der Waals surface area contributed by atoms with E-state index in [9.17, 15) is 5.11 Å². The van der Waals surface area contributed by atoms with Gasteiger partial charge in [0.05, 0.1) is 29.1 Å². The van der Waals surface area contributed by atoms with Crippen LogP contribution in [-0.4, -0.2) is 38.4 Å². The van der Waals surface area contributed by atoms with Crippen molar-refractivity contribution in [3.63, 3.8) is 0 Å². The minimum absolute atomic E-state index is 0.387. The standard InChI is InChI=1S/C25H31N5O2/c31-25-8-15-6-16(9-25)22(17(7-15)10-25)29-23-18-2-1-3-20(18)27-12-19(23)24-28-21(32-30-24)13-26-11-14-4-5-14/h1-2,12,14-17,22,26,31H,3-11,13H2,(H,27,29). The van der Waals surface area contributed by atoms with Gasteiger partial charge >= 0.3 is 0 Å². The van der Waals surface area contributed by atoms with Crippen LogP contribution in [0.15, 0.2) is 16.8 Å². The number of pyridine rings is 1. The molecule has 2 heterocycles. The predicted octanol–water partition coefficient (Wildman–Crippen LogP) is 3.55. The SMILES string of the molecule is OC12CC3CC(C1)C(Nc1c(-c4noc(CNCC5CC5)n4)cnc4c1C=CC4)C(C3)C2. The molecule has 6 aliphatic rings. The highest BCUT2D eigenvalue weighted by Gasteiger charge is 2.54. The summed E-state index contributed by atoms with van der Waals surface area (Å²) < 4.78 is 5.56. The maximum atomic E-state index is 11.0. The number of fused-ring (bicyclic) bond motifs is 1. The van der Waals surface area contributed by atoms with Crippen molar-refractivity contribution in [3.8, 4) is 11.4 Å². The number of rotatable bonds is 7. The van der Waals surface area contributed by atoms with Gasteiger partial charge in [-0.2, -0.15) is 4.98 Å². The number of nitrogens with one attached hydrogen (secondary N) is 2. The Balaban J connectivity index is 1.18. The van der Waals surface area contributed by atoms with Gasteiger partial charge in [0, 0.05) is 24.2 Å². The molecule has 5 saturated carbocycles. The molecule has 0 saturated heterocycles. The van der Waals surface area contributed by atoms with Crippen molar-refractivity contribution in [2.24, 2.45) is 23.7 Å². The van der Waals surface area contributed by atoms with E-state index in [-0.39, 0.29) is 0 Å². The monoisotopic (exact) mass is 433 g/mol. The van der Waals surface area contributed by atoms with E-state index in [1.54, 1.807) is 0 Å². The molecule has 3 N–H and O–H groups in total. The van der Waals surface area contributed by atoms with Gasteiger partial charge in [-0.15, -0.1) is 0 Å². The van der Waals surface area contributed by atoms with Crippen LogP contribution in [0.5, 0.6) is 0 Å². The number of nitrogens with zero attached hydrogens (tertiary/aromatic N) is 3. The van der Waals surface area contributed by atoms with Gasteiger partial charge in [-0.05, 0) is 75.2 Å². The van der Waals surface area contributed by atoms with Gasteiger partial charge in [-0.3, -0.25) is 4.98 Å². The summed E-state index contributed by atoms with van der Waals surface area (Å²) in [5.74, 6) is 3.80. The summed E-state index contributed by atoms with van der Waals surface area (Å²) in [6.07, 6.45) is 15.1. The fourth-order valence-corrected chi connectivity index (χ4v) is 7.05. The smallest absolute Gasteiger partial charge is 0.240 e. The summed E-state index contributed by atoms with van der Waals surface area (Å²) in [6, 6.07) is 0.387. The van der Waals surface area contributed by atoms with Crippen molar-refractivity contribution >= 4 is 11.8 Å². The lowest BCUT2D eigenvalue weighted by Gasteiger charge is -2.58. The van der Waals surface area contributed by atoms with Gasteiger partial charge in [-0.25, -0.2) is 0 Å². The summed E-state index contributed by atoms with van der Waals surface area (Å²) in [5.41, 5.74) is 3.85. The van der Waals surface area contributed by atoms with E-state index in [0.717, 1.165) is 60.7 Å². The van der Waals surface area contributed by atoms with Crippen molar-refractivity contribution in [1.82, 2.24) is 20.4 Å². The van der Waals surface area contributed by atoms with Crippen LogP contribution in [0.3, 0.4) is 0 Å². The number of aliphatic hydroxyl groups is 1. The highest BCUT2D eigenvalue weighted by atomic mass is 16.5. The third-order valence-electron chi connectivity index (χ3n) is 8.46.